The molecule has 18 heavy (non-hydrogen) atoms. The molecule has 0 saturated carbocycles. The molecule has 0 amide bonds. The Morgan fingerprint density at radius 1 is 1.56 bits per heavy atom. The van der Waals surface area contributed by atoms with Crippen molar-refractivity contribution < 1.29 is 13.9 Å². The molecule has 1 aromatic rings. The summed E-state index contributed by atoms with van der Waals surface area (Å²) < 4.78 is 10.1. The van der Waals surface area contributed by atoms with Crippen LogP contribution < -0.4 is 5.32 Å². The van der Waals surface area contributed by atoms with Crippen LogP contribution in [0.25, 0.3) is 0 Å². The van der Waals surface area contributed by atoms with Gasteiger partial charge >= 0.3 is 5.97 Å². The summed E-state index contributed by atoms with van der Waals surface area (Å²) in [4.78, 5) is 11.5. The second kappa shape index (κ2) is 6.59. The van der Waals surface area contributed by atoms with Crippen molar-refractivity contribution in [2.45, 2.75) is 39.7 Å². The highest BCUT2D eigenvalue weighted by Crippen LogP contribution is 2.16. The molecule has 0 spiro atoms. The van der Waals surface area contributed by atoms with Crippen LogP contribution in [-0.4, -0.2) is 25.7 Å². The number of hydrogen-bond acceptors (Lipinski definition) is 4. The first-order valence-corrected chi connectivity index (χ1v) is 6.30. The minimum absolute atomic E-state index is 0.187. The average molecular weight is 253 g/mol. The number of carbonyl (C=O) groups is 1. The van der Waals surface area contributed by atoms with Crippen molar-refractivity contribution in [2.24, 2.45) is 5.41 Å². The van der Waals surface area contributed by atoms with Crippen LogP contribution in [0.15, 0.2) is 22.8 Å². The van der Waals surface area contributed by atoms with Crippen LogP contribution in [-0.2, 0) is 16.0 Å². The number of furan rings is 1. The van der Waals surface area contributed by atoms with Gasteiger partial charge < -0.3 is 14.5 Å². The molecule has 4 heteroatoms. The lowest BCUT2D eigenvalue weighted by molar-refractivity contribution is -0.150. The van der Waals surface area contributed by atoms with E-state index in [2.05, 4.69) is 12.2 Å². The molecular weight excluding hydrogens is 230 g/mol. The molecule has 0 fully saturated rings. The van der Waals surface area contributed by atoms with Gasteiger partial charge in [-0.1, -0.05) is 0 Å². The number of carbonyl (C=O) groups excluding carboxylic acids is 1. The van der Waals surface area contributed by atoms with E-state index in [-0.39, 0.29) is 5.97 Å². The van der Waals surface area contributed by atoms with Gasteiger partial charge in [-0.05, 0) is 39.3 Å². The monoisotopic (exact) mass is 253 g/mol. The third-order valence-corrected chi connectivity index (χ3v) is 3.03. The maximum Gasteiger partial charge on any atom is 0.312 e. The highest BCUT2D eigenvalue weighted by atomic mass is 16.5. The summed E-state index contributed by atoms with van der Waals surface area (Å²) in [7, 11) is 1.42. The molecule has 0 aromatic carbocycles. The van der Waals surface area contributed by atoms with E-state index in [1.54, 1.807) is 6.26 Å². The van der Waals surface area contributed by atoms with Crippen molar-refractivity contribution in [3.8, 4) is 0 Å². The normalized spacial score (nSPS) is 13.3. The Kier molecular flexibility index (Phi) is 5.41. The zero-order chi connectivity index (χ0) is 13.6. The van der Waals surface area contributed by atoms with Gasteiger partial charge in [0.2, 0.25) is 0 Å². The molecule has 1 aromatic heterocycles. The van der Waals surface area contributed by atoms with E-state index in [1.165, 1.54) is 7.11 Å². The number of nitrogens with one attached hydrogen (secondary N) is 1. The SMILES string of the molecule is COC(=O)C(C)(C)CNC(C)CCc1ccco1. The molecule has 0 aliphatic heterocycles. The third kappa shape index (κ3) is 4.53. The van der Waals surface area contributed by atoms with E-state index in [4.69, 9.17) is 9.15 Å². The fraction of sp³-hybridized carbons (Fsp3) is 0.643. The van der Waals surface area contributed by atoms with Crippen molar-refractivity contribution in [1.82, 2.24) is 5.32 Å². The van der Waals surface area contributed by atoms with Crippen molar-refractivity contribution in [3.05, 3.63) is 24.2 Å². The van der Waals surface area contributed by atoms with Crippen LogP contribution in [0.2, 0.25) is 0 Å². The molecule has 102 valence electrons. The number of hydrogen-bond donors (Lipinski definition) is 1. The summed E-state index contributed by atoms with van der Waals surface area (Å²) in [5, 5.41) is 3.36. The fourth-order valence-corrected chi connectivity index (χ4v) is 1.69. The summed E-state index contributed by atoms with van der Waals surface area (Å²) >= 11 is 0. The van der Waals surface area contributed by atoms with Gasteiger partial charge in [0.25, 0.3) is 0 Å². The minimum atomic E-state index is -0.492. The summed E-state index contributed by atoms with van der Waals surface area (Å²) in [6, 6.07) is 4.21. The highest BCUT2D eigenvalue weighted by molar-refractivity contribution is 5.76. The van der Waals surface area contributed by atoms with Crippen LogP contribution >= 0.6 is 0 Å². The van der Waals surface area contributed by atoms with Crippen molar-refractivity contribution in [2.75, 3.05) is 13.7 Å². The van der Waals surface area contributed by atoms with E-state index in [9.17, 15) is 4.79 Å². The van der Waals surface area contributed by atoms with E-state index in [1.807, 2.05) is 26.0 Å². The Bertz CT molecular complexity index is 357. The summed E-state index contributed by atoms with van der Waals surface area (Å²) in [5.74, 6) is 0.809. The molecule has 1 atom stereocenters. The first-order valence-electron chi connectivity index (χ1n) is 6.30. The van der Waals surface area contributed by atoms with E-state index < -0.39 is 5.41 Å². The number of ether oxygens (including phenoxy) is 1. The van der Waals surface area contributed by atoms with Gasteiger partial charge in [0, 0.05) is 19.0 Å². The standard InChI is InChI=1S/C14H23NO3/c1-11(7-8-12-6-5-9-18-12)15-10-14(2,3)13(16)17-4/h5-6,9,11,15H,7-8,10H2,1-4H3. The molecule has 0 radical (unpaired) electrons. The molecule has 0 aliphatic rings. The molecule has 1 N–H and O–H groups in total. The number of rotatable bonds is 7. The number of esters is 1. The van der Waals surface area contributed by atoms with Gasteiger partial charge in [-0.2, -0.15) is 0 Å². The largest absolute Gasteiger partial charge is 0.469 e. The molecule has 4 nitrogen and oxygen atoms in total. The smallest absolute Gasteiger partial charge is 0.312 e. The predicted molar refractivity (Wildman–Crippen MR) is 70.3 cm³/mol. The Morgan fingerprint density at radius 3 is 2.83 bits per heavy atom. The number of aryl methyl sites for hydroxylation is 1. The highest BCUT2D eigenvalue weighted by Gasteiger charge is 2.28. The Hall–Kier alpha value is -1.29. The van der Waals surface area contributed by atoms with Gasteiger partial charge in [-0.3, -0.25) is 4.79 Å². The van der Waals surface area contributed by atoms with Crippen LogP contribution in [0.5, 0.6) is 0 Å². The van der Waals surface area contributed by atoms with Crippen molar-refractivity contribution >= 4 is 5.97 Å². The lowest BCUT2D eigenvalue weighted by atomic mass is 9.93. The van der Waals surface area contributed by atoms with Gasteiger partial charge in [0.05, 0.1) is 18.8 Å². The second-order valence-corrected chi connectivity index (χ2v) is 5.28. The lowest BCUT2D eigenvalue weighted by Crippen LogP contribution is -2.40. The number of methoxy groups -OCH3 is 1. The van der Waals surface area contributed by atoms with Crippen molar-refractivity contribution in [1.29, 1.82) is 0 Å². The molecule has 0 aliphatic carbocycles. The summed E-state index contributed by atoms with van der Waals surface area (Å²) in [5.41, 5.74) is -0.492. The maximum absolute atomic E-state index is 11.5. The van der Waals surface area contributed by atoms with Gasteiger partial charge in [0.1, 0.15) is 5.76 Å². The average Bonchev–Trinajstić information content (AvgIpc) is 2.86. The summed E-state index contributed by atoms with van der Waals surface area (Å²) in [6.45, 7) is 6.48. The predicted octanol–water partition coefficient (Wildman–Crippen LogP) is 2.39. The molecular formula is C14H23NO3. The Morgan fingerprint density at radius 2 is 2.28 bits per heavy atom. The van der Waals surface area contributed by atoms with E-state index in [0.717, 1.165) is 18.6 Å². The lowest BCUT2D eigenvalue weighted by Gasteiger charge is -2.24. The molecule has 0 bridgehead atoms. The second-order valence-electron chi connectivity index (χ2n) is 5.28. The zero-order valence-corrected chi connectivity index (χ0v) is 11.7. The Labute approximate surface area is 109 Å². The topological polar surface area (TPSA) is 51.5 Å². The molecule has 1 rings (SSSR count). The minimum Gasteiger partial charge on any atom is -0.469 e. The quantitative estimate of drug-likeness (QED) is 0.758. The third-order valence-electron chi connectivity index (χ3n) is 3.03. The molecule has 0 saturated heterocycles. The first-order chi connectivity index (χ1) is 8.45. The van der Waals surface area contributed by atoms with Crippen LogP contribution in [0, 0.1) is 5.41 Å². The first kappa shape index (κ1) is 14.8. The van der Waals surface area contributed by atoms with Crippen LogP contribution in [0.3, 0.4) is 0 Å². The van der Waals surface area contributed by atoms with Crippen LogP contribution in [0.1, 0.15) is 33.0 Å². The fourth-order valence-electron chi connectivity index (χ4n) is 1.69. The summed E-state index contributed by atoms with van der Waals surface area (Å²) in [6.07, 6.45) is 3.57. The van der Waals surface area contributed by atoms with E-state index >= 15 is 0 Å². The Balaban J connectivity index is 2.28. The molecule has 1 unspecified atom stereocenters. The van der Waals surface area contributed by atoms with Gasteiger partial charge in [0.15, 0.2) is 0 Å². The van der Waals surface area contributed by atoms with Crippen LogP contribution in [0.4, 0.5) is 0 Å². The van der Waals surface area contributed by atoms with Gasteiger partial charge in [-0.25, -0.2) is 0 Å². The zero-order valence-electron chi connectivity index (χ0n) is 11.7. The molecule has 1 heterocycles. The van der Waals surface area contributed by atoms with Gasteiger partial charge in [-0.15, -0.1) is 0 Å². The van der Waals surface area contributed by atoms with E-state index in [0.29, 0.717) is 12.6 Å². The maximum atomic E-state index is 11.5. The van der Waals surface area contributed by atoms with Crippen molar-refractivity contribution in [3.63, 3.8) is 0 Å².